The molecule has 0 aromatic heterocycles. The highest BCUT2D eigenvalue weighted by molar-refractivity contribution is 5.55. The molecular weight excluding hydrogens is 178 g/mol. The number of rotatable bonds is 2. The van der Waals surface area contributed by atoms with Gasteiger partial charge in [-0.15, -0.1) is 0 Å². The maximum Gasteiger partial charge on any atom is 0.235 e. The standard InChI is InChI=1S/C11H13NO2/c1-8-6-10(3)11(7-9(8)2)4-5-12(13)14/h4-7H,1-3H3. The van der Waals surface area contributed by atoms with Gasteiger partial charge in [-0.05, 0) is 43.0 Å². The zero-order valence-corrected chi connectivity index (χ0v) is 8.57. The van der Waals surface area contributed by atoms with Crippen LogP contribution in [0.4, 0.5) is 0 Å². The minimum absolute atomic E-state index is 0.450. The average molecular weight is 191 g/mol. The molecule has 0 atom stereocenters. The third-order valence-corrected chi connectivity index (χ3v) is 2.26. The molecule has 0 fully saturated rings. The van der Waals surface area contributed by atoms with Crippen molar-refractivity contribution in [3.63, 3.8) is 0 Å². The molecule has 3 heteroatoms. The lowest BCUT2D eigenvalue weighted by Crippen LogP contribution is -1.89. The highest BCUT2D eigenvalue weighted by Crippen LogP contribution is 2.16. The molecule has 0 N–H and O–H groups in total. The molecule has 74 valence electrons. The lowest BCUT2D eigenvalue weighted by atomic mass is 10.0. The molecule has 0 bridgehead atoms. The van der Waals surface area contributed by atoms with Crippen LogP contribution in [0.1, 0.15) is 22.3 Å². The first-order valence-corrected chi connectivity index (χ1v) is 4.40. The van der Waals surface area contributed by atoms with Gasteiger partial charge in [0.2, 0.25) is 6.20 Å². The molecule has 0 saturated carbocycles. The monoisotopic (exact) mass is 191 g/mol. The van der Waals surface area contributed by atoms with Crippen molar-refractivity contribution in [2.24, 2.45) is 0 Å². The molecule has 1 aromatic carbocycles. The molecule has 0 aliphatic heterocycles. The minimum Gasteiger partial charge on any atom is -0.259 e. The Hall–Kier alpha value is -1.64. The van der Waals surface area contributed by atoms with E-state index < -0.39 is 4.92 Å². The van der Waals surface area contributed by atoms with Crippen molar-refractivity contribution in [2.75, 3.05) is 0 Å². The van der Waals surface area contributed by atoms with Crippen molar-refractivity contribution in [3.8, 4) is 0 Å². The largest absolute Gasteiger partial charge is 0.259 e. The summed E-state index contributed by atoms with van der Waals surface area (Å²) >= 11 is 0. The Morgan fingerprint density at radius 2 is 1.71 bits per heavy atom. The quantitative estimate of drug-likeness (QED) is 0.533. The maximum atomic E-state index is 10.2. The fraction of sp³-hybridized carbons (Fsp3) is 0.273. The molecule has 14 heavy (non-hydrogen) atoms. The number of nitrogens with zero attached hydrogens (tertiary/aromatic N) is 1. The van der Waals surface area contributed by atoms with Crippen LogP contribution < -0.4 is 0 Å². The van der Waals surface area contributed by atoms with E-state index in [2.05, 4.69) is 0 Å². The van der Waals surface area contributed by atoms with Gasteiger partial charge in [0.1, 0.15) is 0 Å². The Morgan fingerprint density at radius 3 is 2.29 bits per heavy atom. The van der Waals surface area contributed by atoms with Crippen LogP contribution in [0.3, 0.4) is 0 Å². The van der Waals surface area contributed by atoms with Crippen molar-refractivity contribution >= 4 is 6.08 Å². The van der Waals surface area contributed by atoms with Crippen molar-refractivity contribution in [1.82, 2.24) is 0 Å². The van der Waals surface area contributed by atoms with Crippen LogP contribution in [-0.2, 0) is 0 Å². The second-order valence-corrected chi connectivity index (χ2v) is 3.39. The lowest BCUT2D eigenvalue weighted by Gasteiger charge is -2.04. The second-order valence-electron chi connectivity index (χ2n) is 3.39. The highest BCUT2D eigenvalue weighted by atomic mass is 16.6. The predicted octanol–water partition coefficient (Wildman–Crippen LogP) is 2.86. The topological polar surface area (TPSA) is 43.1 Å². The molecule has 0 spiro atoms. The average Bonchev–Trinajstić information content (AvgIpc) is 2.09. The van der Waals surface area contributed by atoms with Crippen molar-refractivity contribution < 1.29 is 4.92 Å². The summed E-state index contributed by atoms with van der Waals surface area (Å²) in [7, 11) is 0. The van der Waals surface area contributed by atoms with Gasteiger partial charge >= 0.3 is 0 Å². The first kappa shape index (κ1) is 10.4. The first-order valence-electron chi connectivity index (χ1n) is 4.40. The Morgan fingerprint density at radius 1 is 1.14 bits per heavy atom. The molecule has 1 aromatic rings. The second kappa shape index (κ2) is 4.05. The summed E-state index contributed by atoms with van der Waals surface area (Å²) in [5.41, 5.74) is 4.33. The summed E-state index contributed by atoms with van der Waals surface area (Å²) in [4.78, 5) is 9.70. The van der Waals surface area contributed by atoms with Gasteiger partial charge in [0.15, 0.2) is 0 Å². The molecule has 0 amide bonds. The molecule has 0 unspecified atom stereocenters. The van der Waals surface area contributed by atoms with Gasteiger partial charge in [-0.3, -0.25) is 10.1 Å². The number of nitro groups is 1. The van der Waals surface area contributed by atoms with Gasteiger partial charge in [0, 0.05) is 6.08 Å². The number of aryl methyl sites for hydroxylation is 3. The van der Waals surface area contributed by atoms with Crippen LogP contribution in [0.2, 0.25) is 0 Å². The zero-order valence-electron chi connectivity index (χ0n) is 8.57. The first-order chi connectivity index (χ1) is 6.50. The lowest BCUT2D eigenvalue weighted by molar-refractivity contribution is -0.400. The van der Waals surface area contributed by atoms with E-state index in [9.17, 15) is 10.1 Å². The highest BCUT2D eigenvalue weighted by Gasteiger charge is 1.99. The molecular formula is C11H13NO2. The molecule has 0 aliphatic rings. The molecule has 0 radical (unpaired) electrons. The van der Waals surface area contributed by atoms with Gasteiger partial charge in [0.05, 0.1) is 4.92 Å². The van der Waals surface area contributed by atoms with Gasteiger partial charge in [0.25, 0.3) is 0 Å². The summed E-state index contributed by atoms with van der Waals surface area (Å²) in [6.45, 7) is 5.98. The summed E-state index contributed by atoms with van der Waals surface area (Å²) in [6.07, 6.45) is 2.50. The van der Waals surface area contributed by atoms with E-state index >= 15 is 0 Å². The third kappa shape index (κ3) is 2.42. The van der Waals surface area contributed by atoms with Crippen LogP contribution in [0.25, 0.3) is 6.08 Å². The van der Waals surface area contributed by atoms with Crippen LogP contribution in [-0.4, -0.2) is 4.92 Å². The number of hydrogen-bond acceptors (Lipinski definition) is 2. The van der Waals surface area contributed by atoms with E-state index in [1.807, 2.05) is 32.9 Å². The van der Waals surface area contributed by atoms with Crippen LogP contribution in [0.15, 0.2) is 18.3 Å². The number of benzene rings is 1. The summed E-state index contributed by atoms with van der Waals surface area (Å²) in [6, 6.07) is 4.00. The van der Waals surface area contributed by atoms with Crippen LogP contribution in [0, 0.1) is 30.9 Å². The van der Waals surface area contributed by atoms with Gasteiger partial charge < -0.3 is 0 Å². The summed E-state index contributed by atoms with van der Waals surface area (Å²) in [5.74, 6) is 0. The molecule has 3 nitrogen and oxygen atoms in total. The van der Waals surface area contributed by atoms with Crippen molar-refractivity contribution in [1.29, 1.82) is 0 Å². The van der Waals surface area contributed by atoms with Crippen LogP contribution in [0.5, 0.6) is 0 Å². The van der Waals surface area contributed by atoms with E-state index in [-0.39, 0.29) is 0 Å². The van der Waals surface area contributed by atoms with Gasteiger partial charge in [-0.2, -0.15) is 0 Å². The normalized spacial score (nSPS) is 10.8. The fourth-order valence-corrected chi connectivity index (χ4v) is 1.30. The predicted molar refractivity (Wildman–Crippen MR) is 56.7 cm³/mol. The summed E-state index contributed by atoms with van der Waals surface area (Å²) < 4.78 is 0. The van der Waals surface area contributed by atoms with E-state index in [1.165, 1.54) is 11.6 Å². The van der Waals surface area contributed by atoms with Crippen molar-refractivity contribution in [3.05, 3.63) is 50.7 Å². The van der Waals surface area contributed by atoms with Crippen molar-refractivity contribution in [2.45, 2.75) is 20.8 Å². The minimum atomic E-state index is -0.450. The Bertz CT molecular complexity index is 395. The Kier molecular flexibility index (Phi) is 3.02. The van der Waals surface area contributed by atoms with Crippen LogP contribution >= 0.6 is 0 Å². The van der Waals surface area contributed by atoms with Gasteiger partial charge in [-0.25, -0.2) is 0 Å². The summed E-state index contributed by atoms with van der Waals surface area (Å²) in [5, 5.41) is 10.2. The molecule has 0 saturated heterocycles. The van der Waals surface area contributed by atoms with E-state index in [0.717, 1.165) is 22.9 Å². The maximum absolute atomic E-state index is 10.2. The SMILES string of the molecule is Cc1cc(C)c(C=C[N+](=O)[O-])cc1C. The molecule has 1 rings (SSSR count). The molecule has 0 heterocycles. The van der Waals surface area contributed by atoms with E-state index in [4.69, 9.17) is 0 Å². The van der Waals surface area contributed by atoms with Gasteiger partial charge in [-0.1, -0.05) is 12.1 Å². The smallest absolute Gasteiger partial charge is 0.235 e. The third-order valence-electron chi connectivity index (χ3n) is 2.26. The fourth-order valence-electron chi connectivity index (χ4n) is 1.30. The zero-order chi connectivity index (χ0) is 10.7. The molecule has 0 aliphatic carbocycles. The van der Waals surface area contributed by atoms with E-state index in [0.29, 0.717) is 0 Å². The van der Waals surface area contributed by atoms with E-state index in [1.54, 1.807) is 0 Å². The number of hydrogen-bond donors (Lipinski definition) is 0. The Balaban J connectivity index is 3.10. The Labute approximate surface area is 83.2 Å².